The molecule has 0 unspecified atom stereocenters. The van der Waals surface area contributed by atoms with Gasteiger partial charge in [-0.15, -0.1) is 0 Å². The van der Waals surface area contributed by atoms with Crippen LogP contribution >= 0.6 is 0 Å². The average molecular weight is 384 g/mol. The number of benzene rings is 1. The monoisotopic (exact) mass is 384 g/mol. The van der Waals surface area contributed by atoms with Crippen LogP contribution in [0.5, 0.6) is 0 Å². The molecule has 7 nitrogen and oxygen atoms in total. The van der Waals surface area contributed by atoms with Crippen LogP contribution in [-0.4, -0.2) is 40.9 Å². The van der Waals surface area contributed by atoms with E-state index in [0.717, 1.165) is 30.8 Å². The Bertz CT molecular complexity index is 840. The summed E-state index contributed by atoms with van der Waals surface area (Å²) in [4.78, 5) is 24.7. The molecule has 1 saturated heterocycles. The quantitative estimate of drug-likeness (QED) is 0.769. The Morgan fingerprint density at radius 1 is 1.32 bits per heavy atom. The molecule has 1 aliphatic rings. The zero-order chi connectivity index (χ0) is 20.1. The second-order valence-corrected chi connectivity index (χ2v) is 7.50. The minimum atomic E-state index is -0.396. The molecule has 2 atom stereocenters. The number of aromatic nitrogens is 2. The highest BCUT2D eigenvalue weighted by Crippen LogP contribution is 2.16. The van der Waals surface area contributed by atoms with Crippen molar-refractivity contribution >= 4 is 17.5 Å². The van der Waals surface area contributed by atoms with Gasteiger partial charge in [-0.25, -0.2) is 0 Å². The summed E-state index contributed by atoms with van der Waals surface area (Å²) >= 11 is 0. The van der Waals surface area contributed by atoms with E-state index >= 15 is 0 Å². The standard InChI is InChI=1S/C21H28N4O3/c1-14(13-25-16(3)10-15(2)24-25)12-22-20(26)17-6-4-7-18(11-17)23-21(27)19-8-5-9-28-19/h4,6-7,10-11,14,19H,5,8-9,12-13H2,1-3H3,(H,22,26)(H,23,27)/t14-,19-/m0/s1. The molecule has 0 aliphatic carbocycles. The summed E-state index contributed by atoms with van der Waals surface area (Å²) in [7, 11) is 0. The maximum Gasteiger partial charge on any atom is 0.253 e. The van der Waals surface area contributed by atoms with Crippen molar-refractivity contribution in [2.45, 2.75) is 46.3 Å². The SMILES string of the molecule is Cc1cc(C)n(C[C@@H](C)CNC(=O)c2cccc(NC(=O)[C@@H]3CCCO3)c2)n1. The molecule has 2 heterocycles. The van der Waals surface area contributed by atoms with Crippen LogP contribution in [0.15, 0.2) is 30.3 Å². The molecule has 2 aromatic rings. The maximum atomic E-state index is 12.5. The largest absolute Gasteiger partial charge is 0.368 e. The molecule has 1 aromatic carbocycles. The van der Waals surface area contributed by atoms with Crippen LogP contribution in [0.25, 0.3) is 0 Å². The van der Waals surface area contributed by atoms with Gasteiger partial charge in [0.15, 0.2) is 0 Å². The number of carbonyl (C=O) groups excluding carboxylic acids is 2. The third kappa shape index (κ3) is 5.19. The number of hydrogen-bond donors (Lipinski definition) is 2. The first-order chi connectivity index (χ1) is 13.4. The van der Waals surface area contributed by atoms with Crippen molar-refractivity contribution in [1.82, 2.24) is 15.1 Å². The molecular weight excluding hydrogens is 356 g/mol. The zero-order valence-corrected chi connectivity index (χ0v) is 16.7. The number of nitrogens with zero attached hydrogens (tertiary/aromatic N) is 2. The molecule has 2 N–H and O–H groups in total. The van der Waals surface area contributed by atoms with E-state index in [2.05, 4.69) is 22.7 Å². The van der Waals surface area contributed by atoms with Gasteiger partial charge < -0.3 is 15.4 Å². The van der Waals surface area contributed by atoms with Gasteiger partial charge in [0, 0.05) is 36.6 Å². The fourth-order valence-electron chi connectivity index (χ4n) is 3.33. The molecule has 1 aliphatic heterocycles. The second-order valence-electron chi connectivity index (χ2n) is 7.50. The predicted octanol–water partition coefficient (Wildman–Crippen LogP) is 2.68. The number of ether oxygens (including phenoxy) is 1. The Morgan fingerprint density at radius 3 is 2.82 bits per heavy atom. The fraction of sp³-hybridized carbons (Fsp3) is 0.476. The molecule has 7 heteroatoms. The number of amides is 2. The number of nitrogens with one attached hydrogen (secondary N) is 2. The highest BCUT2D eigenvalue weighted by Gasteiger charge is 2.23. The number of hydrogen-bond acceptors (Lipinski definition) is 4. The first-order valence-electron chi connectivity index (χ1n) is 9.74. The fourth-order valence-corrected chi connectivity index (χ4v) is 3.33. The Balaban J connectivity index is 1.52. The van der Waals surface area contributed by atoms with Gasteiger partial charge in [-0.3, -0.25) is 14.3 Å². The first-order valence-corrected chi connectivity index (χ1v) is 9.74. The van der Waals surface area contributed by atoms with E-state index in [1.807, 2.05) is 24.6 Å². The minimum absolute atomic E-state index is 0.159. The summed E-state index contributed by atoms with van der Waals surface area (Å²) in [5.74, 6) is -0.0775. The molecule has 0 radical (unpaired) electrons. The van der Waals surface area contributed by atoms with Crippen LogP contribution in [0, 0.1) is 19.8 Å². The Labute approximate surface area is 165 Å². The zero-order valence-electron chi connectivity index (χ0n) is 16.7. The molecule has 150 valence electrons. The lowest BCUT2D eigenvalue weighted by Gasteiger charge is -2.15. The molecule has 1 fully saturated rings. The van der Waals surface area contributed by atoms with E-state index in [9.17, 15) is 9.59 Å². The van der Waals surface area contributed by atoms with Crippen LogP contribution in [0.3, 0.4) is 0 Å². The van der Waals surface area contributed by atoms with Gasteiger partial charge in [0.25, 0.3) is 11.8 Å². The topological polar surface area (TPSA) is 85.2 Å². The molecule has 0 saturated carbocycles. The molecule has 2 amide bonds. The van der Waals surface area contributed by atoms with Crippen molar-refractivity contribution in [3.63, 3.8) is 0 Å². The Kier molecular flexibility index (Phi) is 6.46. The number of carbonyl (C=O) groups is 2. The van der Waals surface area contributed by atoms with Crippen molar-refractivity contribution in [1.29, 1.82) is 0 Å². The van der Waals surface area contributed by atoms with E-state index in [1.54, 1.807) is 24.3 Å². The van der Waals surface area contributed by atoms with Gasteiger partial charge >= 0.3 is 0 Å². The number of rotatable bonds is 7. The molecular formula is C21H28N4O3. The van der Waals surface area contributed by atoms with Crippen molar-refractivity contribution < 1.29 is 14.3 Å². The smallest absolute Gasteiger partial charge is 0.253 e. The molecule has 0 bridgehead atoms. The molecule has 3 rings (SSSR count). The van der Waals surface area contributed by atoms with Crippen LogP contribution < -0.4 is 10.6 Å². The predicted molar refractivity (Wildman–Crippen MR) is 107 cm³/mol. The Hall–Kier alpha value is -2.67. The van der Waals surface area contributed by atoms with Crippen LogP contribution in [0.4, 0.5) is 5.69 Å². The normalized spacial score (nSPS) is 17.3. The molecule has 28 heavy (non-hydrogen) atoms. The first kappa shape index (κ1) is 20.1. The second kappa shape index (κ2) is 9.01. The summed E-state index contributed by atoms with van der Waals surface area (Å²) in [6, 6.07) is 9.01. The lowest BCUT2D eigenvalue weighted by molar-refractivity contribution is -0.124. The van der Waals surface area contributed by atoms with Crippen LogP contribution in [0.1, 0.15) is 41.5 Å². The van der Waals surface area contributed by atoms with Crippen molar-refractivity contribution in [2.75, 3.05) is 18.5 Å². The van der Waals surface area contributed by atoms with Crippen molar-refractivity contribution in [2.24, 2.45) is 5.92 Å². The summed E-state index contributed by atoms with van der Waals surface area (Å²) in [6.07, 6.45) is 1.24. The van der Waals surface area contributed by atoms with E-state index < -0.39 is 6.10 Å². The third-order valence-electron chi connectivity index (χ3n) is 4.81. The van der Waals surface area contributed by atoms with Crippen molar-refractivity contribution in [3.8, 4) is 0 Å². The summed E-state index contributed by atoms with van der Waals surface area (Å²) in [5.41, 5.74) is 3.23. The highest BCUT2D eigenvalue weighted by molar-refractivity contribution is 5.98. The maximum absolute atomic E-state index is 12.5. The average Bonchev–Trinajstić information content (AvgIpc) is 3.30. The number of anilines is 1. The third-order valence-corrected chi connectivity index (χ3v) is 4.81. The Morgan fingerprint density at radius 2 is 2.14 bits per heavy atom. The summed E-state index contributed by atoms with van der Waals surface area (Å²) < 4.78 is 7.36. The number of aryl methyl sites for hydroxylation is 2. The van der Waals surface area contributed by atoms with Crippen LogP contribution in [0.2, 0.25) is 0 Å². The van der Waals surface area contributed by atoms with Gasteiger partial charge in [0.1, 0.15) is 6.10 Å². The van der Waals surface area contributed by atoms with Crippen molar-refractivity contribution in [3.05, 3.63) is 47.3 Å². The van der Waals surface area contributed by atoms with Gasteiger partial charge in [-0.2, -0.15) is 5.10 Å². The van der Waals surface area contributed by atoms with Crippen LogP contribution in [-0.2, 0) is 16.1 Å². The lowest BCUT2D eigenvalue weighted by atomic mass is 10.1. The minimum Gasteiger partial charge on any atom is -0.368 e. The molecule has 0 spiro atoms. The summed E-state index contributed by atoms with van der Waals surface area (Å²) in [6.45, 7) is 7.99. The van der Waals surface area contributed by atoms with E-state index in [0.29, 0.717) is 24.4 Å². The van der Waals surface area contributed by atoms with E-state index in [-0.39, 0.29) is 17.7 Å². The van der Waals surface area contributed by atoms with E-state index in [1.165, 1.54) is 0 Å². The van der Waals surface area contributed by atoms with Gasteiger partial charge in [0.2, 0.25) is 0 Å². The molecule has 1 aromatic heterocycles. The van der Waals surface area contributed by atoms with Gasteiger partial charge in [-0.1, -0.05) is 13.0 Å². The van der Waals surface area contributed by atoms with Gasteiger partial charge in [0.05, 0.1) is 5.69 Å². The summed E-state index contributed by atoms with van der Waals surface area (Å²) in [5, 5.41) is 10.3. The van der Waals surface area contributed by atoms with Gasteiger partial charge in [-0.05, 0) is 56.9 Å². The highest BCUT2D eigenvalue weighted by atomic mass is 16.5. The van der Waals surface area contributed by atoms with E-state index in [4.69, 9.17) is 4.74 Å². The lowest BCUT2D eigenvalue weighted by Crippen LogP contribution is -2.30.